The lowest BCUT2D eigenvalue weighted by Crippen LogP contribution is -2.36. The van der Waals surface area contributed by atoms with Gasteiger partial charge in [-0.1, -0.05) is 28.1 Å². The van der Waals surface area contributed by atoms with E-state index in [1.165, 1.54) is 4.90 Å². The Morgan fingerprint density at radius 1 is 1.41 bits per heavy atom. The number of amides is 2. The lowest BCUT2D eigenvalue weighted by Gasteiger charge is -2.20. The Kier molecular flexibility index (Phi) is 5.18. The molecule has 2 atom stereocenters. The first-order valence-electron chi connectivity index (χ1n) is 6.88. The molecule has 2 N–H and O–H groups in total. The molecule has 1 heterocycles. The maximum atomic E-state index is 12.3. The second-order valence-corrected chi connectivity index (χ2v) is 6.30. The Bertz CT molecular complexity index is 588. The predicted octanol–water partition coefficient (Wildman–Crippen LogP) is 1.56. The van der Waals surface area contributed by atoms with Crippen molar-refractivity contribution in [3.8, 4) is 0 Å². The monoisotopic (exact) mass is 368 g/mol. The zero-order valence-corrected chi connectivity index (χ0v) is 13.7. The minimum Gasteiger partial charge on any atom is -0.481 e. The summed E-state index contributed by atoms with van der Waals surface area (Å²) in [6.45, 7) is 0.366. The SMILES string of the molecule is CN1CC(C(=O)NC(CC(=O)O)c2ccc(Br)cc2)CC1=O. The zero-order chi connectivity index (χ0) is 16.3. The van der Waals surface area contributed by atoms with Crippen LogP contribution in [0.3, 0.4) is 0 Å². The zero-order valence-electron chi connectivity index (χ0n) is 12.1. The third-order valence-corrected chi connectivity index (χ3v) is 4.21. The van der Waals surface area contributed by atoms with Crippen molar-refractivity contribution in [2.45, 2.75) is 18.9 Å². The van der Waals surface area contributed by atoms with Gasteiger partial charge in [-0.15, -0.1) is 0 Å². The molecular weight excluding hydrogens is 352 g/mol. The molecule has 2 unspecified atom stereocenters. The fourth-order valence-corrected chi connectivity index (χ4v) is 2.72. The van der Waals surface area contributed by atoms with Crippen LogP contribution in [0.4, 0.5) is 0 Å². The van der Waals surface area contributed by atoms with E-state index in [1.807, 2.05) is 0 Å². The van der Waals surface area contributed by atoms with Crippen molar-refractivity contribution in [1.29, 1.82) is 0 Å². The number of aliphatic carboxylic acids is 1. The van der Waals surface area contributed by atoms with Crippen molar-refractivity contribution in [2.75, 3.05) is 13.6 Å². The number of rotatable bonds is 5. The number of nitrogens with zero attached hydrogens (tertiary/aromatic N) is 1. The van der Waals surface area contributed by atoms with Gasteiger partial charge in [-0.3, -0.25) is 14.4 Å². The van der Waals surface area contributed by atoms with E-state index >= 15 is 0 Å². The molecule has 2 rings (SSSR count). The minimum atomic E-state index is -0.993. The number of benzene rings is 1. The van der Waals surface area contributed by atoms with E-state index in [0.29, 0.717) is 6.54 Å². The molecule has 0 spiro atoms. The number of carbonyl (C=O) groups excluding carboxylic acids is 2. The largest absolute Gasteiger partial charge is 0.481 e. The van der Waals surface area contributed by atoms with Gasteiger partial charge in [0.15, 0.2) is 0 Å². The van der Waals surface area contributed by atoms with Crippen LogP contribution in [0.5, 0.6) is 0 Å². The van der Waals surface area contributed by atoms with E-state index in [-0.39, 0.29) is 24.7 Å². The van der Waals surface area contributed by atoms with Crippen molar-refractivity contribution in [3.63, 3.8) is 0 Å². The van der Waals surface area contributed by atoms with Gasteiger partial charge in [0.2, 0.25) is 11.8 Å². The molecule has 7 heteroatoms. The van der Waals surface area contributed by atoms with E-state index in [1.54, 1.807) is 31.3 Å². The second kappa shape index (κ2) is 6.91. The van der Waals surface area contributed by atoms with Gasteiger partial charge < -0.3 is 15.3 Å². The van der Waals surface area contributed by atoms with E-state index in [4.69, 9.17) is 5.11 Å². The maximum Gasteiger partial charge on any atom is 0.305 e. The highest BCUT2D eigenvalue weighted by atomic mass is 79.9. The predicted molar refractivity (Wildman–Crippen MR) is 83.0 cm³/mol. The number of hydrogen-bond acceptors (Lipinski definition) is 3. The summed E-state index contributed by atoms with van der Waals surface area (Å²) in [6.07, 6.45) is -0.0354. The van der Waals surface area contributed by atoms with Crippen LogP contribution in [0.1, 0.15) is 24.4 Å². The molecule has 1 aliphatic heterocycles. The van der Waals surface area contributed by atoms with Crippen molar-refractivity contribution in [2.24, 2.45) is 5.92 Å². The Balaban J connectivity index is 2.09. The topological polar surface area (TPSA) is 86.7 Å². The molecule has 1 aromatic rings. The molecule has 0 radical (unpaired) electrons. The van der Waals surface area contributed by atoms with Crippen LogP contribution >= 0.6 is 15.9 Å². The molecule has 1 fully saturated rings. The minimum absolute atomic E-state index is 0.0708. The highest BCUT2D eigenvalue weighted by molar-refractivity contribution is 9.10. The van der Waals surface area contributed by atoms with Crippen molar-refractivity contribution in [3.05, 3.63) is 34.3 Å². The van der Waals surface area contributed by atoms with Crippen LogP contribution in [-0.2, 0) is 14.4 Å². The Hall–Kier alpha value is -1.89. The fraction of sp³-hybridized carbons (Fsp3) is 0.400. The van der Waals surface area contributed by atoms with Crippen LogP contribution in [0.25, 0.3) is 0 Å². The van der Waals surface area contributed by atoms with Crippen molar-refractivity contribution >= 4 is 33.7 Å². The third kappa shape index (κ3) is 4.07. The molecule has 1 saturated heterocycles. The summed E-state index contributed by atoms with van der Waals surface area (Å²) in [7, 11) is 1.65. The van der Waals surface area contributed by atoms with Gasteiger partial charge in [0.25, 0.3) is 0 Å². The summed E-state index contributed by atoms with van der Waals surface area (Å²) in [6, 6.07) is 6.51. The molecule has 6 nitrogen and oxygen atoms in total. The van der Waals surface area contributed by atoms with E-state index in [2.05, 4.69) is 21.2 Å². The number of hydrogen-bond donors (Lipinski definition) is 2. The number of carboxylic acids is 1. The van der Waals surface area contributed by atoms with Crippen LogP contribution in [0, 0.1) is 5.92 Å². The van der Waals surface area contributed by atoms with Crippen LogP contribution in [-0.4, -0.2) is 41.4 Å². The molecule has 1 aliphatic rings. The van der Waals surface area contributed by atoms with E-state index in [0.717, 1.165) is 10.0 Å². The molecule has 2 amide bonds. The van der Waals surface area contributed by atoms with Gasteiger partial charge in [0, 0.05) is 24.5 Å². The molecule has 0 saturated carbocycles. The summed E-state index contributed by atoms with van der Waals surface area (Å²) in [5, 5.41) is 11.8. The lowest BCUT2D eigenvalue weighted by molar-refractivity contribution is -0.138. The number of likely N-dealkylation sites (tertiary alicyclic amines) is 1. The lowest BCUT2D eigenvalue weighted by atomic mass is 10.0. The Labute approximate surface area is 136 Å². The molecule has 22 heavy (non-hydrogen) atoms. The van der Waals surface area contributed by atoms with Gasteiger partial charge >= 0.3 is 5.97 Å². The summed E-state index contributed by atoms with van der Waals surface area (Å²) >= 11 is 3.32. The van der Waals surface area contributed by atoms with Gasteiger partial charge in [0.05, 0.1) is 18.4 Å². The van der Waals surface area contributed by atoms with E-state index < -0.39 is 17.9 Å². The fourth-order valence-electron chi connectivity index (χ4n) is 2.45. The van der Waals surface area contributed by atoms with Gasteiger partial charge in [-0.25, -0.2) is 0 Å². The van der Waals surface area contributed by atoms with Crippen LogP contribution in [0.15, 0.2) is 28.7 Å². The standard InChI is InChI=1S/C15H17BrN2O4/c1-18-8-10(6-13(18)19)15(22)17-12(7-14(20)21)9-2-4-11(16)5-3-9/h2-5,10,12H,6-8H2,1H3,(H,17,22)(H,20,21). The molecular formula is C15H17BrN2O4. The second-order valence-electron chi connectivity index (χ2n) is 5.39. The summed E-state index contributed by atoms with van der Waals surface area (Å²) < 4.78 is 0.875. The van der Waals surface area contributed by atoms with Crippen molar-refractivity contribution in [1.82, 2.24) is 10.2 Å². The normalized spacial score (nSPS) is 19.1. The Morgan fingerprint density at radius 3 is 2.55 bits per heavy atom. The molecule has 0 aromatic heterocycles. The van der Waals surface area contributed by atoms with Gasteiger partial charge in [0.1, 0.15) is 0 Å². The number of halogens is 1. The quantitative estimate of drug-likeness (QED) is 0.825. The highest BCUT2D eigenvalue weighted by Crippen LogP contribution is 2.22. The summed E-state index contributed by atoms with van der Waals surface area (Å²) in [5.41, 5.74) is 0.719. The molecule has 0 bridgehead atoms. The molecule has 118 valence electrons. The number of carboxylic acid groups (broad SMARTS) is 1. The first-order chi connectivity index (χ1) is 10.4. The first-order valence-corrected chi connectivity index (χ1v) is 7.67. The average molecular weight is 369 g/mol. The third-order valence-electron chi connectivity index (χ3n) is 3.68. The highest BCUT2D eigenvalue weighted by Gasteiger charge is 2.33. The van der Waals surface area contributed by atoms with Crippen LogP contribution in [0.2, 0.25) is 0 Å². The van der Waals surface area contributed by atoms with Gasteiger partial charge in [-0.2, -0.15) is 0 Å². The van der Waals surface area contributed by atoms with Gasteiger partial charge in [-0.05, 0) is 17.7 Å². The number of nitrogens with one attached hydrogen (secondary N) is 1. The maximum absolute atomic E-state index is 12.3. The molecule has 0 aliphatic carbocycles. The van der Waals surface area contributed by atoms with Crippen molar-refractivity contribution < 1.29 is 19.5 Å². The number of carbonyl (C=O) groups is 3. The summed E-state index contributed by atoms with van der Waals surface area (Å²) in [5.74, 6) is -1.78. The molecule has 1 aromatic carbocycles. The smallest absolute Gasteiger partial charge is 0.305 e. The summed E-state index contributed by atoms with van der Waals surface area (Å²) in [4.78, 5) is 36.3. The Morgan fingerprint density at radius 2 is 2.05 bits per heavy atom. The van der Waals surface area contributed by atoms with Crippen LogP contribution < -0.4 is 5.32 Å². The van der Waals surface area contributed by atoms with E-state index in [9.17, 15) is 14.4 Å². The first kappa shape index (κ1) is 16.5. The average Bonchev–Trinajstić information content (AvgIpc) is 2.78.